The summed E-state index contributed by atoms with van der Waals surface area (Å²) in [7, 11) is 4.74. The Morgan fingerprint density at radius 3 is 2.58 bits per heavy atom. The van der Waals surface area contributed by atoms with Gasteiger partial charge in [-0.15, -0.1) is 0 Å². The van der Waals surface area contributed by atoms with Crippen LogP contribution in [-0.4, -0.2) is 38.8 Å². The molecule has 0 spiro atoms. The second-order valence-electron chi connectivity index (χ2n) is 5.32. The van der Waals surface area contributed by atoms with Crippen LogP contribution < -0.4 is 24.8 Å². The first-order valence-corrected chi connectivity index (χ1v) is 8.65. The molecular weight excluding hydrogens is 354 g/mol. The van der Waals surface area contributed by atoms with E-state index < -0.39 is 0 Å². The van der Waals surface area contributed by atoms with Crippen LogP contribution >= 0.6 is 11.3 Å². The van der Waals surface area contributed by atoms with Crippen LogP contribution in [0.15, 0.2) is 36.4 Å². The smallest absolute Gasteiger partial charge is 0.243 e. The fraction of sp³-hybridized carbons (Fsp3) is 0.222. The lowest BCUT2D eigenvalue weighted by molar-refractivity contribution is -0.114. The zero-order valence-corrected chi connectivity index (χ0v) is 15.5. The lowest BCUT2D eigenvalue weighted by Gasteiger charge is -2.10. The van der Waals surface area contributed by atoms with Crippen molar-refractivity contribution in [3.63, 3.8) is 0 Å². The number of carbonyl (C=O) groups excluding carboxylic acids is 1. The summed E-state index contributed by atoms with van der Waals surface area (Å²) in [5.41, 5.74) is 1.49. The van der Waals surface area contributed by atoms with Crippen LogP contribution in [0.2, 0.25) is 0 Å². The Morgan fingerprint density at radius 2 is 1.85 bits per heavy atom. The Bertz CT molecular complexity index is 926. The second-order valence-corrected chi connectivity index (χ2v) is 6.35. The number of carbonyl (C=O) groups is 1. The summed E-state index contributed by atoms with van der Waals surface area (Å²) in [5.74, 6) is 1.75. The van der Waals surface area contributed by atoms with Crippen molar-refractivity contribution in [2.75, 3.05) is 38.5 Å². The maximum Gasteiger partial charge on any atom is 0.243 e. The Hall–Kier alpha value is -3.00. The number of nitrogens with one attached hydrogen (secondary N) is 2. The van der Waals surface area contributed by atoms with E-state index in [1.807, 2.05) is 18.2 Å². The van der Waals surface area contributed by atoms with Crippen molar-refractivity contribution in [2.24, 2.45) is 0 Å². The highest BCUT2D eigenvalue weighted by Crippen LogP contribution is 2.30. The van der Waals surface area contributed by atoms with E-state index in [9.17, 15) is 4.79 Å². The molecule has 2 N–H and O–H groups in total. The molecule has 0 radical (unpaired) electrons. The summed E-state index contributed by atoms with van der Waals surface area (Å²) in [4.78, 5) is 16.6. The number of anilines is 2. The molecule has 136 valence electrons. The quantitative estimate of drug-likeness (QED) is 0.661. The maximum atomic E-state index is 12.2. The lowest BCUT2D eigenvalue weighted by Crippen LogP contribution is -2.21. The summed E-state index contributed by atoms with van der Waals surface area (Å²) in [6, 6.07) is 10.9. The third-order valence-electron chi connectivity index (χ3n) is 3.66. The van der Waals surface area contributed by atoms with Gasteiger partial charge in [-0.2, -0.15) is 0 Å². The minimum Gasteiger partial charge on any atom is -0.497 e. The van der Waals surface area contributed by atoms with Crippen molar-refractivity contribution in [2.45, 2.75) is 0 Å². The first kappa shape index (κ1) is 17.8. The number of hydrogen-bond donors (Lipinski definition) is 2. The lowest BCUT2D eigenvalue weighted by atomic mass is 10.2. The first-order chi connectivity index (χ1) is 12.6. The van der Waals surface area contributed by atoms with Gasteiger partial charge in [0.15, 0.2) is 16.6 Å². The molecule has 3 aromatic rings. The first-order valence-electron chi connectivity index (χ1n) is 7.83. The highest BCUT2D eigenvalue weighted by molar-refractivity contribution is 7.22. The van der Waals surface area contributed by atoms with Crippen molar-refractivity contribution >= 4 is 38.3 Å². The highest BCUT2D eigenvalue weighted by Gasteiger charge is 2.09. The number of amides is 1. The fourth-order valence-electron chi connectivity index (χ4n) is 2.38. The van der Waals surface area contributed by atoms with Crippen LogP contribution in [0, 0.1) is 0 Å². The predicted molar refractivity (Wildman–Crippen MR) is 103 cm³/mol. The van der Waals surface area contributed by atoms with Crippen molar-refractivity contribution < 1.29 is 19.0 Å². The van der Waals surface area contributed by atoms with E-state index in [4.69, 9.17) is 14.2 Å². The zero-order valence-electron chi connectivity index (χ0n) is 14.7. The molecule has 0 atom stereocenters. The van der Waals surface area contributed by atoms with Crippen molar-refractivity contribution in [3.8, 4) is 17.2 Å². The standard InChI is InChI=1S/C18H19N3O4S/c1-23-12-5-6-13-16(9-12)26-18(21-13)19-10-17(22)20-11-4-7-14(24-2)15(8-11)25-3/h4-9H,10H2,1-3H3,(H,19,21)(H,20,22). The molecule has 26 heavy (non-hydrogen) atoms. The molecule has 0 aliphatic rings. The van der Waals surface area contributed by atoms with E-state index in [1.54, 1.807) is 39.5 Å². The van der Waals surface area contributed by atoms with Crippen LogP contribution in [0.1, 0.15) is 0 Å². The van der Waals surface area contributed by atoms with Crippen molar-refractivity contribution in [1.82, 2.24) is 4.98 Å². The number of rotatable bonds is 7. The average molecular weight is 373 g/mol. The number of benzene rings is 2. The number of thiazole rings is 1. The highest BCUT2D eigenvalue weighted by atomic mass is 32.1. The number of ether oxygens (including phenoxy) is 3. The predicted octanol–water partition coefficient (Wildman–Crippen LogP) is 3.37. The van der Waals surface area contributed by atoms with Gasteiger partial charge >= 0.3 is 0 Å². The number of aromatic nitrogens is 1. The Morgan fingerprint density at radius 1 is 1.04 bits per heavy atom. The molecule has 0 saturated heterocycles. The average Bonchev–Trinajstić information content (AvgIpc) is 3.08. The normalized spacial score (nSPS) is 10.4. The SMILES string of the molecule is COc1ccc2nc(NCC(=O)Nc3ccc(OC)c(OC)c3)sc2c1. The van der Waals surface area contributed by atoms with Gasteiger partial charge in [-0.3, -0.25) is 4.79 Å². The molecule has 7 nitrogen and oxygen atoms in total. The van der Waals surface area contributed by atoms with Crippen LogP contribution in [0.4, 0.5) is 10.8 Å². The monoisotopic (exact) mass is 373 g/mol. The Kier molecular flexibility index (Phi) is 5.43. The molecule has 1 aromatic heterocycles. The number of methoxy groups -OCH3 is 3. The van der Waals surface area contributed by atoms with Gasteiger partial charge < -0.3 is 24.8 Å². The van der Waals surface area contributed by atoms with Gasteiger partial charge in [0, 0.05) is 11.8 Å². The van der Waals surface area contributed by atoms with E-state index in [0.717, 1.165) is 16.0 Å². The van der Waals surface area contributed by atoms with E-state index in [1.165, 1.54) is 11.3 Å². The summed E-state index contributed by atoms with van der Waals surface area (Å²) in [6.45, 7) is 0.102. The summed E-state index contributed by atoms with van der Waals surface area (Å²) >= 11 is 1.47. The molecule has 3 rings (SSSR count). The second kappa shape index (κ2) is 7.92. The zero-order chi connectivity index (χ0) is 18.5. The largest absolute Gasteiger partial charge is 0.497 e. The molecule has 0 saturated carbocycles. The molecule has 2 aromatic carbocycles. The van der Waals surface area contributed by atoms with Gasteiger partial charge in [0.1, 0.15) is 5.75 Å². The van der Waals surface area contributed by atoms with E-state index in [0.29, 0.717) is 22.3 Å². The molecule has 1 heterocycles. The van der Waals surface area contributed by atoms with Gasteiger partial charge in [0.25, 0.3) is 0 Å². The molecule has 0 unspecified atom stereocenters. The van der Waals surface area contributed by atoms with Crippen LogP contribution in [-0.2, 0) is 4.79 Å². The van der Waals surface area contributed by atoms with Gasteiger partial charge in [-0.25, -0.2) is 4.98 Å². The topological polar surface area (TPSA) is 81.7 Å². The van der Waals surface area contributed by atoms with Crippen LogP contribution in [0.25, 0.3) is 10.2 Å². The van der Waals surface area contributed by atoms with E-state index >= 15 is 0 Å². The van der Waals surface area contributed by atoms with Crippen LogP contribution in [0.5, 0.6) is 17.2 Å². The molecule has 0 aliphatic heterocycles. The number of fused-ring (bicyclic) bond motifs is 1. The van der Waals surface area contributed by atoms with Gasteiger partial charge in [0.2, 0.25) is 5.91 Å². The van der Waals surface area contributed by atoms with Gasteiger partial charge in [-0.05, 0) is 30.3 Å². The summed E-state index contributed by atoms with van der Waals surface area (Å²) in [5, 5.41) is 6.53. The Labute approximate surface area is 154 Å². The van der Waals surface area contributed by atoms with Crippen molar-refractivity contribution in [1.29, 1.82) is 0 Å². The van der Waals surface area contributed by atoms with Gasteiger partial charge in [0.05, 0.1) is 38.1 Å². The minimum atomic E-state index is -0.186. The van der Waals surface area contributed by atoms with Crippen molar-refractivity contribution in [3.05, 3.63) is 36.4 Å². The number of hydrogen-bond acceptors (Lipinski definition) is 7. The minimum absolute atomic E-state index is 0.102. The van der Waals surface area contributed by atoms with E-state index in [-0.39, 0.29) is 12.5 Å². The Balaban J connectivity index is 1.62. The summed E-state index contributed by atoms with van der Waals surface area (Å²) < 4.78 is 16.6. The third-order valence-corrected chi connectivity index (χ3v) is 4.64. The molecule has 0 bridgehead atoms. The van der Waals surface area contributed by atoms with Gasteiger partial charge in [-0.1, -0.05) is 11.3 Å². The molecule has 0 fully saturated rings. The molecule has 0 aliphatic carbocycles. The molecule has 1 amide bonds. The molecule has 8 heteroatoms. The van der Waals surface area contributed by atoms with E-state index in [2.05, 4.69) is 15.6 Å². The molecular formula is C18H19N3O4S. The third kappa shape index (κ3) is 3.97. The fourth-order valence-corrected chi connectivity index (χ4v) is 3.27. The van der Waals surface area contributed by atoms with Crippen LogP contribution in [0.3, 0.4) is 0 Å². The number of nitrogens with zero attached hydrogens (tertiary/aromatic N) is 1. The summed E-state index contributed by atoms with van der Waals surface area (Å²) in [6.07, 6.45) is 0. The maximum absolute atomic E-state index is 12.2.